The highest BCUT2D eigenvalue weighted by molar-refractivity contribution is 5.92. The molecule has 5 rings (SSSR count). The molecule has 0 fully saturated rings. The van der Waals surface area contributed by atoms with Crippen LogP contribution in [0, 0.1) is 0 Å². The molecule has 1 aliphatic heterocycles. The van der Waals surface area contributed by atoms with E-state index >= 15 is 0 Å². The van der Waals surface area contributed by atoms with Crippen molar-refractivity contribution >= 4 is 11.6 Å². The number of benzene rings is 1. The Bertz CT molecular complexity index is 1290. The second-order valence-corrected chi connectivity index (χ2v) is 7.13. The molecule has 1 aromatic carbocycles. The van der Waals surface area contributed by atoms with Crippen molar-refractivity contribution in [3.8, 4) is 17.0 Å². The van der Waals surface area contributed by atoms with Crippen molar-refractivity contribution in [1.29, 1.82) is 0 Å². The quantitative estimate of drug-likeness (QED) is 0.569. The van der Waals surface area contributed by atoms with Gasteiger partial charge in [-0.25, -0.2) is 9.50 Å². The van der Waals surface area contributed by atoms with Gasteiger partial charge in [0, 0.05) is 25.2 Å². The van der Waals surface area contributed by atoms with Crippen LogP contribution >= 0.6 is 0 Å². The van der Waals surface area contributed by atoms with Gasteiger partial charge in [0.05, 0.1) is 30.6 Å². The monoisotopic (exact) mass is 401 g/mol. The average molecular weight is 401 g/mol. The first-order valence-corrected chi connectivity index (χ1v) is 9.62. The normalized spacial score (nSPS) is 13.3. The Kier molecular flexibility index (Phi) is 4.31. The second-order valence-electron chi connectivity index (χ2n) is 7.13. The SMILES string of the molecule is COc1ccc(-c2cc3nc4c(c(=O)n3[nH]2)CN(C(=O)c2ccccn2)CC4)cc1. The summed E-state index contributed by atoms with van der Waals surface area (Å²) in [6.45, 7) is 0.719. The number of hydrogen-bond donors (Lipinski definition) is 1. The van der Waals surface area contributed by atoms with Crippen molar-refractivity contribution in [3.05, 3.63) is 82.0 Å². The van der Waals surface area contributed by atoms with Gasteiger partial charge < -0.3 is 9.64 Å². The Morgan fingerprint density at radius 2 is 2.00 bits per heavy atom. The number of aromatic amines is 1. The Morgan fingerprint density at radius 3 is 2.73 bits per heavy atom. The molecule has 8 heteroatoms. The number of H-pyrrole nitrogens is 1. The number of methoxy groups -OCH3 is 1. The minimum atomic E-state index is -0.187. The summed E-state index contributed by atoms with van der Waals surface area (Å²) in [5.41, 5.74) is 3.73. The number of nitrogens with one attached hydrogen (secondary N) is 1. The summed E-state index contributed by atoms with van der Waals surface area (Å²) >= 11 is 0. The molecule has 0 saturated heterocycles. The standard InChI is InChI=1S/C22H19N5O3/c1-30-15-7-5-14(6-8-15)19-12-20-24-17-9-11-26(13-16(17)21(28)27(20)25-19)22(29)18-4-2-3-10-23-18/h2-8,10,12,25H,9,11,13H2,1H3. The maximum atomic E-state index is 13.1. The zero-order valence-corrected chi connectivity index (χ0v) is 16.3. The van der Waals surface area contributed by atoms with Crippen LogP contribution in [0.4, 0.5) is 0 Å². The summed E-state index contributed by atoms with van der Waals surface area (Å²) < 4.78 is 6.64. The molecule has 3 aromatic heterocycles. The number of nitrogens with zero attached hydrogens (tertiary/aromatic N) is 4. The van der Waals surface area contributed by atoms with Crippen LogP contribution in [-0.4, -0.2) is 44.0 Å². The van der Waals surface area contributed by atoms with E-state index < -0.39 is 0 Å². The van der Waals surface area contributed by atoms with Crippen molar-refractivity contribution in [2.75, 3.05) is 13.7 Å². The fourth-order valence-corrected chi connectivity index (χ4v) is 3.72. The van der Waals surface area contributed by atoms with Crippen LogP contribution < -0.4 is 10.3 Å². The third kappa shape index (κ3) is 3.02. The summed E-state index contributed by atoms with van der Waals surface area (Å²) in [7, 11) is 1.62. The maximum absolute atomic E-state index is 13.1. The van der Waals surface area contributed by atoms with E-state index in [-0.39, 0.29) is 18.0 Å². The molecule has 1 amide bonds. The molecular weight excluding hydrogens is 382 g/mol. The first-order chi connectivity index (χ1) is 14.6. The Labute approximate surface area is 171 Å². The molecule has 0 radical (unpaired) electrons. The Morgan fingerprint density at radius 1 is 1.17 bits per heavy atom. The van der Waals surface area contributed by atoms with Crippen LogP contribution in [0.2, 0.25) is 0 Å². The number of carbonyl (C=O) groups is 1. The van der Waals surface area contributed by atoms with Crippen LogP contribution in [0.25, 0.3) is 16.9 Å². The third-order valence-electron chi connectivity index (χ3n) is 5.33. The second kappa shape index (κ2) is 7.14. The highest BCUT2D eigenvalue weighted by Gasteiger charge is 2.26. The molecule has 1 N–H and O–H groups in total. The van der Waals surface area contributed by atoms with Crippen LogP contribution in [-0.2, 0) is 13.0 Å². The van der Waals surface area contributed by atoms with E-state index in [1.165, 1.54) is 4.52 Å². The van der Waals surface area contributed by atoms with Crippen molar-refractivity contribution in [1.82, 2.24) is 24.5 Å². The van der Waals surface area contributed by atoms with Crippen molar-refractivity contribution in [3.63, 3.8) is 0 Å². The van der Waals surface area contributed by atoms with Crippen LogP contribution in [0.5, 0.6) is 5.75 Å². The van der Waals surface area contributed by atoms with Gasteiger partial charge in [-0.3, -0.25) is 19.7 Å². The number of amides is 1. The van der Waals surface area contributed by atoms with Crippen molar-refractivity contribution in [2.24, 2.45) is 0 Å². The molecule has 0 aliphatic carbocycles. The lowest BCUT2D eigenvalue weighted by molar-refractivity contribution is 0.0726. The highest BCUT2D eigenvalue weighted by atomic mass is 16.5. The van der Waals surface area contributed by atoms with Gasteiger partial charge >= 0.3 is 0 Å². The van der Waals surface area contributed by atoms with E-state index in [2.05, 4.69) is 15.1 Å². The van der Waals surface area contributed by atoms with E-state index in [0.29, 0.717) is 29.9 Å². The first kappa shape index (κ1) is 18.1. The van der Waals surface area contributed by atoms with Crippen LogP contribution in [0.1, 0.15) is 21.7 Å². The van der Waals surface area contributed by atoms with Crippen molar-refractivity contribution in [2.45, 2.75) is 13.0 Å². The minimum Gasteiger partial charge on any atom is -0.497 e. The molecule has 0 unspecified atom stereocenters. The van der Waals surface area contributed by atoms with Crippen molar-refractivity contribution < 1.29 is 9.53 Å². The summed E-state index contributed by atoms with van der Waals surface area (Å²) in [6.07, 6.45) is 2.12. The number of aromatic nitrogens is 4. The van der Waals surface area contributed by atoms with Crippen LogP contribution in [0.15, 0.2) is 59.5 Å². The largest absolute Gasteiger partial charge is 0.497 e. The summed E-state index contributed by atoms with van der Waals surface area (Å²) in [4.78, 5) is 36.3. The third-order valence-corrected chi connectivity index (χ3v) is 5.33. The van der Waals surface area contributed by atoms with Gasteiger partial charge in [0.1, 0.15) is 11.4 Å². The summed E-state index contributed by atoms with van der Waals surface area (Å²) in [5, 5.41) is 3.13. The molecule has 8 nitrogen and oxygen atoms in total. The van der Waals surface area contributed by atoms with Gasteiger partial charge in [0.15, 0.2) is 5.65 Å². The molecule has 30 heavy (non-hydrogen) atoms. The van der Waals surface area contributed by atoms with Gasteiger partial charge in [0.25, 0.3) is 11.5 Å². The lowest BCUT2D eigenvalue weighted by Gasteiger charge is -2.27. The number of pyridine rings is 1. The van der Waals surface area contributed by atoms with Gasteiger partial charge in [-0.15, -0.1) is 0 Å². The molecule has 0 spiro atoms. The smallest absolute Gasteiger partial charge is 0.277 e. The molecule has 4 aromatic rings. The van der Waals surface area contributed by atoms with Gasteiger partial charge in [-0.05, 0) is 42.0 Å². The predicted octanol–water partition coefficient (Wildman–Crippen LogP) is 2.29. The molecule has 0 saturated carbocycles. The number of fused-ring (bicyclic) bond motifs is 2. The first-order valence-electron chi connectivity index (χ1n) is 9.62. The topological polar surface area (TPSA) is 92.6 Å². The van der Waals surface area contributed by atoms with E-state index in [9.17, 15) is 9.59 Å². The van der Waals surface area contributed by atoms with Gasteiger partial charge in [0.2, 0.25) is 0 Å². The summed E-state index contributed by atoms with van der Waals surface area (Å²) in [6, 6.07) is 14.6. The highest BCUT2D eigenvalue weighted by Crippen LogP contribution is 2.23. The summed E-state index contributed by atoms with van der Waals surface area (Å²) in [5.74, 6) is 0.578. The number of rotatable bonds is 3. The number of ether oxygens (including phenoxy) is 1. The Hall–Kier alpha value is -3.94. The van der Waals surface area contributed by atoms with E-state index in [1.54, 1.807) is 36.4 Å². The maximum Gasteiger partial charge on any atom is 0.277 e. The lowest BCUT2D eigenvalue weighted by Crippen LogP contribution is -2.40. The zero-order valence-electron chi connectivity index (χ0n) is 16.3. The molecular formula is C22H19N5O3. The fraction of sp³-hybridized carbons (Fsp3) is 0.182. The molecule has 0 bridgehead atoms. The van der Waals surface area contributed by atoms with Gasteiger partial charge in [-0.2, -0.15) is 0 Å². The van der Waals surface area contributed by atoms with E-state index in [4.69, 9.17) is 4.74 Å². The fourth-order valence-electron chi connectivity index (χ4n) is 3.72. The van der Waals surface area contributed by atoms with Crippen LogP contribution in [0.3, 0.4) is 0 Å². The molecule has 1 aliphatic rings. The molecule has 150 valence electrons. The molecule has 0 atom stereocenters. The average Bonchev–Trinajstić information content (AvgIpc) is 3.23. The minimum absolute atomic E-state index is 0.184. The number of hydrogen-bond acceptors (Lipinski definition) is 5. The van der Waals surface area contributed by atoms with E-state index in [0.717, 1.165) is 22.7 Å². The van der Waals surface area contributed by atoms with Gasteiger partial charge in [-0.1, -0.05) is 6.07 Å². The predicted molar refractivity (Wildman–Crippen MR) is 110 cm³/mol. The Balaban J connectivity index is 1.50. The van der Waals surface area contributed by atoms with E-state index in [1.807, 2.05) is 30.3 Å². The number of carbonyl (C=O) groups excluding carboxylic acids is 1. The lowest BCUT2D eigenvalue weighted by atomic mass is 10.1. The zero-order chi connectivity index (χ0) is 20.7. The molecule has 4 heterocycles.